The molecule has 162 valence electrons. The summed E-state index contributed by atoms with van der Waals surface area (Å²) in [5, 5.41) is 30.8. The predicted octanol–water partition coefficient (Wildman–Crippen LogP) is 6.99. The Balaban J connectivity index is 1.79. The molecule has 0 spiro atoms. The standard InChI is InChI=1S/C27H25NO4/c1-17-7-12-27(26(31)13-17)32-23-6-4-5-20(14-23)28(21-10-8-18(2)24(29)15-21)22-11-9-19(3)25(30)16-22/h4-16,29-31H,1-3H3. The van der Waals surface area contributed by atoms with Crippen LogP contribution in [-0.2, 0) is 0 Å². The fourth-order valence-electron chi connectivity index (χ4n) is 3.45. The van der Waals surface area contributed by atoms with Crippen molar-refractivity contribution in [1.82, 2.24) is 0 Å². The van der Waals surface area contributed by atoms with Crippen LogP contribution in [0.1, 0.15) is 16.7 Å². The van der Waals surface area contributed by atoms with E-state index >= 15 is 0 Å². The lowest BCUT2D eigenvalue weighted by Gasteiger charge is -2.26. The summed E-state index contributed by atoms with van der Waals surface area (Å²) in [7, 11) is 0. The third-order valence-electron chi connectivity index (χ3n) is 5.32. The van der Waals surface area contributed by atoms with Gasteiger partial charge in [0.15, 0.2) is 11.5 Å². The van der Waals surface area contributed by atoms with Gasteiger partial charge in [-0.1, -0.05) is 24.3 Å². The van der Waals surface area contributed by atoms with Crippen molar-refractivity contribution in [3.63, 3.8) is 0 Å². The Hall–Kier alpha value is -4.12. The highest BCUT2D eigenvalue weighted by Gasteiger charge is 2.16. The molecule has 32 heavy (non-hydrogen) atoms. The Kier molecular flexibility index (Phi) is 5.65. The molecule has 0 atom stereocenters. The highest BCUT2D eigenvalue weighted by atomic mass is 16.5. The van der Waals surface area contributed by atoms with E-state index in [0.29, 0.717) is 11.5 Å². The van der Waals surface area contributed by atoms with Crippen LogP contribution in [0.2, 0.25) is 0 Å². The van der Waals surface area contributed by atoms with Crippen LogP contribution in [0.3, 0.4) is 0 Å². The lowest BCUT2D eigenvalue weighted by atomic mass is 10.1. The zero-order chi connectivity index (χ0) is 22.8. The van der Waals surface area contributed by atoms with E-state index in [0.717, 1.165) is 33.8 Å². The van der Waals surface area contributed by atoms with Crippen molar-refractivity contribution in [3.8, 4) is 28.7 Å². The lowest BCUT2D eigenvalue weighted by Crippen LogP contribution is -2.10. The minimum Gasteiger partial charge on any atom is -0.508 e. The Morgan fingerprint density at radius 1 is 0.594 bits per heavy atom. The average molecular weight is 428 g/mol. The lowest BCUT2D eigenvalue weighted by molar-refractivity contribution is 0.411. The van der Waals surface area contributed by atoms with Crippen LogP contribution in [0.4, 0.5) is 17.1 Å². The number of anilines is 3. The number of aromatic hydroxyl groups is 3. The number of hydrogen-bond donors (Lipinski definition) is 3. The van der Waals surface area contributed by atoms with Gasteiger partial charge < -0.3 is 25.0 Å². The van der Waals surface area contributed by atoms with Crippen LogP contribution in [0.25, 0.3) is 0 Å². The van der Waals surface area contributed by atoms with Crippen molar-refractivity contribution in [1.29, 1.82) is 0 Å². The van der Waals surface area contributed by atoms with E-state index < -0.39 is 0 Å². The maximum atomic E-state index is 10.3. The van der Waals surface area contributed by atoms with Gasteiger partial charge in [0.25, 0.3) is 0 Å². The number of nitrogens with zero attached hydrogens (tertiary/aromatic N) is 1. The molecule has 5 heteroatoms. The Morgan fingerprint density at radius 3 is 1.75 bits per heavy atom. The molecule has 0 saturated heterocycles. The van der Waals surface area contributed by atoms with Crippen LogP contribution in [0, 0.1) is 20.8 Å². The average Bonchev–Trinajstić information content (AvgIpc) is 2.76. The van der Waals surface area contributed by atoms with Crippen LogP contribution in [0.5, 0.6) is 28.7 Å². The third kappa shape index (κ3) is 4.32. The highest BCUT2D eigenvalue weighted by Crippen LogP contribution is 2.40. The second-order valence-corrected chi connectivity index (χ2v) is 7.85. The number of ether oxygens (including phenoxy) is 1. The van der Waals surface area contributed by atoms with Crippen molar-refractivity contribution >= 4 is 17.1 Å². The van der Waals surface area contributed by atoms with Gasteiger partial charge >= 0.3 is 0 Å². The molecule has 4 aromatic carbocycles. The van der Waals surface area contributed by atoms with Gasteiger partial charge in [0.2, 0.25) is 0 Å². The van der Waals surface area contributed by atoms with Gasteiger partial charge in [-0.3, -0.25) is 0 Å². The van der Waals surface area contributed by atoms with E-state index in [1.807, 2.05) is 74.2 Å². The summed E-state index contributed by atoms with van der Waals surface area (Å²) in [4.78, 5) is 1.92. The monoisotopic (exact) mass is 427 g/mol. The molecule has 0 radical (unpaired) electrons. The molecule has 5 nitrogen and oxygen atoms in total. The summed E-state index contributed by atoms with van der Waals surface area (Å²) < 4.78 is 5.94. The fourth-order valence-corrected chi connectivity index (χ4v) is 3.45. The largest absolute Gasteiger partial charge is 0.508 e. The van der Waals surface area contributed by atoms with Gasteiger partial charge in [-0.15, -0.1) is 0 Å². The van der Waals surface area contributed by atoms with E-state index in [1.165, 1.54) is 0 Å². The van der Waals surface area contributed by atoms with E-state index in [-0.39, 0.29) is 17.2 Å². The van der Waals surface area contributed by atoms with Crippen LogP contribution >= 0.6 is 0 Å². The second kappa shape index (κ2) is 8.55. The summed E-state index contributed by atoms with van der Waals surface area (Å²) in [5.74, 6) is 1.33. The van der Waals surface area contributed by atoms with Crippen molar-refractivity contribution in [3.05, 3.63) is 95.6 Å². The van der Waals surface area contributed by atoms with Crippen LogP contribution < -0.4 is 9.64 Å². The minimum absolute atomic E-state index is 0.0687. The Labute approximate surface area is 187 Å². The quantitative estimate of drug-likeness (QED) is 0.320. The molecule has 0 bridgehead atoms. The highest BCUT2D eigenvalue weighted by molar-refractivity contribution is 5.79. The van der Waals surface area contributed by atoms with E-state index in [2.05, 4.69) is 0 Å². The number of aryl methyl sites for hydroxylation is 3. The van der Waals surface area contributed by atoms with Crippen molar-refractivity contribution < 1.29 is 20.1 Å². The second-order valence-electron chi connectivity index (χ2n) is 7.85. The van der Waals surface area contributed by atoms with Gasteiger partial charge in [-0.05, 0) is 73.9 Å². The van der Waals surface area contributed by atoms with E-state index in [4.69, 9.17) is 4.74 Å². The number of hydrogen-bond acceptors (Lipinski definition) is 5. The SMILES string of the molecule is Cc1ccc(Oc2cccc(N(c3ccc(C)c(O)c3)c3ccc(C)c(O)c3)c2)c(O)c1. The summed E-state index contributed by atoms with van der Waals surface area (Å²) in [6.45, 7) is 5.57. The van der Waals surface area contributed by atoms with Crippen molar-refractivity contribution in [2.75, 3.05) is 4.90 Å². The topological polar surface area (TPSA) is 73.2 Å². The van der Waals surface area contributed by atoms with Crippen LogP contribution in [-0.4, -0.2) is 15.3 Å². The molecular formula is C27H25NO4. The number of phenolic OH excluding ortho intramolecular Hbond substituents is 3. The maximum absolute atomic E-state index is 10.3. The smallest absolute Gasteiger partial charge is 0.169 e. The third-order valence-corrected chi connectivity index (χ3v) is 5.32. The van der Waals surface area contributed by atoms with Gasteiger partial charge in [0.05, 0.1) is 0 Å². The Morgan fingerprint density at radius 2 is 1.19 bits per heavy atom. The first-order valence-corrected chi connectivity index (χ1v) is 10.3. The first kappa shape index (κ1) is 21.1. The molecule has 4 aromatic rings. The molecule has 0 aliphatic carbocycles. The molecule has 0 unspecified atom stereocenters. The first-order chi connectivity index (χ1) is 15.3. The number of phenols is 3. The minimum atomic E-state index is 0.0687. The predicted molar refractivity (Wildman–Crippen MR) is 127 cm³/mol. The van der Waals surface area contributed by atoms with E-state index in [9.17, 15) is 15.3 Å². The summed E-state index contributed by atoms with van der Waals surface area (Å²) in [5.41, 5.74) is 4.70. The molecular weight excluding hydrogens is 402 g/mol. The van der Waals surface area contributed by atoms with E-state index in [1.54, 1.807) is 30.3 Å². The van der Waals surface area contributed by atoms with Crippen LogP contribution in [0.15, 0.2) is 78.9 Å². The first-order valence-electron chi connectivity index (χ1n) is 10.3. The molecule has 0 amide bonds. The maximum Gasteiger partial charge on any atom is 0.169 e. The fraction of sp³-hybridized carbons (Fsp3) is 0.111. The molecule has 0 aliphatic rings. The molecule has 0 aliphatic heterocycles. The van der Waals surface area contributed by atoms with Gasteiger partial charge in [0.1, 0.15) is 17.2 Å². The zero-order valence-electron chi connectivity index (χ0n) is 18.2. The van der Waals surface area contributed by atoms with Gasteiger partial charge in [0, 0.05) is 35.3 Å². The van der Waals surface area contributed by atoms with Gasteiger partial charge in [-0.25, -0.2) is 0 Å². The zero-order valence-corrected chi connectivity index (χ0v) is 18.2. The summed E-state index contributed by atoms with van der Waals surface area (Å²) >= 11 is 0. The molecule has 0 saturated carbocycles. The summed E-state index contributed by atoms with van der Waals surface area (Å²) in [6, 6.07) is 23.5. The Bertz CT molecular complexity index is 1230. The molecule has 3 N–H and O–H groups in total. The summed E-state index contributed by atoms with van der Waals surface area (Å²) in [6.07, 6.45) is 0. The molecule has 0 aromatic heterocycles. The van der Waals surface area contributed by atoms with Gasteiger partial charge in [-0.2, -0.15) is 0 Å². The molecule has 0 fully saturated rings. The van der Waals surface area contributed by atoms with Crippen molar-refractivity contribution in [2.45, 2.75) is 20.8 Å². The van der Waals surface area contributed by atoms with Crippen molar-refractivity contribution in [2.24, 2.45) is 0 Å². The molecule has 0 heterocycles. The number of rotatable bonds is 5. The molecule has 4 rings (SSSR count). The normalized spacial score (nSPS) is 10.7. The number of benzene rings is 4.